The van der Waals surface area contributed by atoms with Gasteiger partial charge in [-0.3, -0.25) is 9.55 Å². The monoisotopic (exact) mass is 682 g/mol. The third-order valence-electron chi connectivity index (χ3n) is 10.6. The molecule has 2 atom stereocenters. The minimum absolute atomic E-state index is 0.00291. The molecule has 0 radical (unpaired) electrons. The van der Waals surface area contributed by atoms with Crippen LogP contribution < -0.4 is 4.90 Å². The minimum Gasteiger partial charge on any atom is -0.331 e. The summed E-state index contributed by atoms with van der Waals surface area (Å²) in [6, 6.07) is 42.8. The molecule has 8 nitrogen and oxygen atoms in total. The van der Waals surface area contributed by atoms with Crippen LogP contribution in [0.15, 0.2) is 171 Å². The van der Waals surface area contributed by atoms with Crippen molar-refractivity contribution in [1.29, 1.82) is 0 Å². The van der Waals surface area contributed by atoms with Crippen LogP contribution in [0.1, 0.15) is 11.5 Å². The highest BCUT2D eigenvalue weighted by Crippen LogP contribution is 2.56. The van der Waals surface area contributed by atoms with E-state index in [1.807, 2.05) is 12.1 Å². The maximum Gasteiger partial charge on any atom is 0.238 e. The first-order valence-electron chi connectivity index (χ1n) is 17.7. The molecule has 0 saturated carbocycles. The molecule has 1 aliphatic heterocycles. The predicted molar refractivity (Wildman–Crippen MR) is 211 cm³/mol. The number of rotatable bonds is 5. The van der Waals surface area contributed by atoms with E-state index in [0.717, 1.165) is 66.9 Å². The summed E-state index contributed by atoms with van der Waals surface area (Å²) >= 11 is 0. The molecule has 250 valence electrons. The zero-order valence-corrected chi connectivity index (χ0v) is 28.4. The van der Waals surface area contributed by atoms with E-state index in [4.69, 9.17) is 15.0 Å². The van der Waals surface area contributed by atoms with E-state index < -0.39 is 0 Å². The molecule has 5 aromatic carbocycles. The number of fused-ring (bicyclic) bond motifs is 10. The summed E-state index contributed by atoms with van der Waals surface area (Å²) in [5.41, 5.74) is 11.9. The molecule has 8 heteroatoms. The summed E-state index contributed by atoms with van der Waals surface area (Å²) in [6.07, 6.45) is 15.8. The SMILES string of the molecule is C1=CC2c3c(c4c(nc(-c5ccncc5)n4-c4ncncn4)c4c5ccccc5n(-c5ccccc5)c34)N(c3cccc(-c4ccccc4)c3)C2C=C1. The van der Waals surface area contributed by atoms with Gasteiger partial charge in [-0.15, -0.1) is 0 Å². The van der Waals surface area contributed by atoms with Crippen molar-refractivity contribution >= 4 is 44.2 Å². The second-order valence-corrected chi connectivity index (χ2v) is 13.4. The third-order valence-corrected chi connectivity index (χ3v) is 10.6. The number of imidazole rings is 1. The fourth-order valence-electron chi connectivity index (χ4n) is 8.46. The largest absolute Gasteiger partial charge is 0.331 e. The van der Waals surface area contributed by atoms with Crippen molar-refractivity contribution in [1.82, 2.24) is 34.1 Å². The summed E-state index contributed by atoms with van der Waals surface area (Å²) in [4.78, 5) is 26.2. The van der Waals surface area contributed by atoms with Crippen molar-refractivity contribution in [3.8, 4) is 34.2 Å². The number of nitrogens with zero attached hydrogens (tertiary/aromatic N) is 8. The van der Waals surface area contributed by atoms with Crippen molar-refractivity contribution in [3.05, 3.63) is 176 Å². The zero-order chi connectivity index (χ0) is 34.9. The van der Waals surface area contributed by atoms with Gasteiger partial charge in [-0.05, 0) is 53.6 Å². The van der Waals surface area contributed by atoms with Crippen LogP contribution >= 0.6 is 0 Å². The molecule has 11 rings (SSSR count). The Bertz CT molecular complexity index is 2890. The average Bonchev–Trinajstić information content (AvgIpc) is 3.91. The Morgan fingerprint density at radius 1 is 0.566 bits per heavy atom. The van der Waals surface area contributed by atoms with Crippen LogP contribution in [-0.4, -0.2) is 40.1 Å². The summed E-state index contributed by atoms with van der Waals surface area (Å²) in [5.74, 6) is 1.28. The molecule has 4 aromatic heterocycles. The smallest absolute Gasteiger partial charge is 0.238 e. The van der Waals surface area contributed by atoms with Gasteiger partial charge in [-0.25, -0.2) is 19.9 Å². The fourth-order valence-corrected chi connectivity index (χ4v) is 8.46. The van der Waals surface area contributed by atoms with Crippen molar-refractivity contribution in [2.45, 2.75) is 12.0 Å². The molecule has 0 bridgehead atoms. The van der Waals surface area contributed by atoms with Crippen LogP contribution in [0.2, 0.25) is 0 Å². The topological polar surface area (TPSA) is 77.5 Å². The molecule has 9 aromatic rings. The van der Waals surface area contributed by atoms with Crippen LogP contribution in [0.4, 0.5) is 11.4 Å². The van der Waals surface area contributed by atoms with Crippen LogP contribution in [0.25, 0.3) is 67.0 Å². The number of para-hydroxylation sites is 2. The lowest BCUT2D eigenvalue weighted by Gasteiger charge is -2.29. The van der Waals surface area contributed by atoms with Gasteiger partial charge in [0.1, 0.15) is 29.5 Å². The molecule has 0 saturated heterocycles. The van der Waals surface area contributed by atoms with Gasteiger partial charge in [-0.2, -0.15) is 0 Å². The summed E-state index contributed by atoms with van der Waals surface area (Å²) < 4.78 is 4.56. The van der Waals surface area contributed by atoms with E-state index in [1.165, 1.54) is 11.1 Å². The van der Waals surface area contributed by atoms with E-state index >= 15 is 0 Å². The lowest BCUT2D eigenvalue weighted by molar-refractivity contribution is 0.746. The van der Waals surface area contributed by atoms with Gasteiger partial charge in [0, 0.05) is 51.6 Å². The molecular weight excluding hydrogens is 653 g/mol. The van der Waals surface area contributed by atoms with Crippen molar-refractivity contribution in [3.63, 3.8) is 0 Å². The molecule has 53 heavy (non-hydrogen) atoms. The Morgan fingerprint density at radius 2 is 1.28 bits per heavy atom. The molecule has 0 fully saturated rings. The van der Waals surface area contributed by atoms with Crippen LogP contribution in [0.5, 0.6) is 0 Å². The molecular formula is C45H30N8. The molecule has 0 spiro atoms. The Hall–Kier alpha value is -7.19. The lowest BCUT2D eigenvalue weighted by Crippen LogP contribution is -2.28. The third kappa shape index (κ3) is 4.39. The van der Waals surface area contributed by atoms with Gasteiger partial charge in [-0.1, -0.05) is 103 Å². The Labute approximate surface area is 304 Å². The zero-order valence-electron chi connectivity index (χ0n) is 28.4. The highest BCUT2D eigenvalue weighted by atomic mass is 15.3. The number of allylic oxidation sites excluding steroid dienone is 2. The van der Waals surface area contributed by atoms with E-state index in [-0.39, 0.29) is 12.0 Å². The van der Waals surface area contributed by atoms with Gasteiger partial charge >= 0.3 is 0 Å². The van der Waals surface area contributed by atoms with Gasteiger partial charge in [0.15, 0.2) is 0 Å². The van der Waals surface area contributed by atoms with Gasteiger partial charge in [0.2, 0.25) is 5.95 Å². The first-order chi connectivity index (χ1) is 26.3. The first-order valence-corrected chi connectivity index (χ1v) is 17.7. The normalized spacial score (nSPS) is 16.1. The fraction of sp³-hybridized carbons (Fsp3) is 0.0444. The number of aromatic nitrogens is 7. The number of hydrogen-bond acceptors (Lipinski definition) is 6. The van der Waals surface area contributed by atoms with Crippen LogP contribution in [-0.2, 0) is 0 Å². The lowest BCUT2D eigenvalue weighted by atomic mass is 9.89. The average molecular weight is 683 g/mol. The summed E-state index contributed by atoms with van der Waals surface area (Å²) in [6.45, 7) is 0. The van der Waals surface area contributed by atoms with Gasteiger partial charge in [0.05, 0.1) is 22.8 Å². The van der Waals surface area contributed by atoms with Gasteiger partial charge in [0.25, 0.3) is 0 Å². The number of anilines is 2. The van der Waals surface area contributed by atoms with E-state index in [2.05, 4.69) is 158 Å². The van der Waals surface area contributed by atoms with Crippen molar-refractivity contribution < 1.29 is 0 Å². The molecule has 2 aliphatic rings. The van der Waals surface area contributed by atoms with Gasteiger partial charge < -0.3 is 9.47 Å². The minimum atomic E-state index is 0.00291. The maximum atomic E-state index is 5.59. The Balaban J connectivity index is 1.37. The summed E-state index contributed by atoms with van der Waals surface area (Å²) in [7, 11) is 0. The quantitative estimate of drug-likeness (QED) is 0.180. The Morgan fingerprint density at radius 3 is 2.11 bits per heavy atom. The van der Waals surface area contributed by atoms with E-state index in [9.17, 15) is 0 Å². The number of pyridine rings is 1. The highest BCUT2D eigenvalue weighted by Gasteiger charge is 2.44. The number of benzene rings is 5. The Kier molecular flexibility index (Phi) is 6.51. The molecule has 2 unspecified atom stereocenters. The van der Waals surface area contributed by atoms with E-state index in [0.29, 0.717) is 5.95 Å². The molecule has 0 N–H and O–H groups in total. The molecule has 1 aliphatic carbocycles. The van der Waals surface area contributed by atoms with E-state index in [1.54, 1.807) is 25.0 Å². The predicted octanol–water partition coefficient (Wildman–Crippen LogP) is 9.77. The highest BCUT2D eigenvalue weighted by molar-refractivity contribution is 6.25. The standard InChI is InChI=1S/C45H30N8/c1-3-12-29(13-4-1)31-14-11-17-33(26-31)52-37-21-10-8-19-35(37)39-41-38(34-18-7-9-20-36(34)51(41)32-15-5-2-6-16-32)40-43(42(39)52)53(45-48-27-47-28-49-45)44(50-40)30-22-24-46-25-23-30/h1-28,35,37H. The second kappa shape index (κ2) is 11.7. The van der Waals surface area contributed by atoms with Crippen LogP contribution in [0, 0.1) is 0 Å². The second-order valence-electron chi connectivity index (χ2n) is 13.4. The van der Waals surface area contributed by atoms with Crippen molar-refractivity contribution in [2.75, 3.05) is 4.90 Å². The number of hydrogen-bond donors (Lipinski definition) is 0. The molecule has 5 heterocycles. The summed E-state index contributed by atoms with van der Waals surface area (Å²) in [5, 5.41) is 2.24. The first kappa shape index (κ1) is 29.5. The van der Waals surface area contributed by atoms with Crippen molar-refractivity contribution in [2.24, 2.45) is 0 Å². The molecule has 0 amide bonds. The maximum absolute atomic E-state index is 5.59. The van der Waals surface area contributed by atoms with Crippen LogP contribution in [0.3, 0.4) is 0 Å².